The lowest BCUT2D eigenvalue weighted by Gasteiger charge is -2.27. The van der Waals surface area contributed by atoms with Gasteiger partial charge in [0.25, 0.3) is 11.4 Å². The predicted molar refractivity (Wildman–Crippen MR) is 136 cm³/mol. The molecule has 0 aliphatic carbocycles. The summed E-state index contributed by atoms with van der Waals surface area (Å²) in [5.41, 5.74) is 2.63. The molecule has 0 atom stereocenters. The molecule has 182 valence electrons. The molecule has 0 unspecified atom stereocenters. The Morgan fingerprint density at radius 1 is 0.639 bits per heavy atom. The van der Waals surface area contributed by atoms with E-state index in [9.17, 15) is 20.2 Å². The number of non-ortho nitro benzene ring substituents is 2. The van der Waals surface area contributed by atoms with E-state index in [1.54, 1.807) is 24.3 Å². The summed E-state index contributed by atoms with van der Waals surface area (Å²) >= 11 is 0. The van der Waals surface area contributed by atoms with Crippen molar-refractivity contribution in [3.63, 3.8) is 0 Å². The minimum absolute atomic E-state index is 0.0270. The van der Waals surface area contributed by atoms with Gasteiger partial charge in [-0.05, 0) is 53.9 Å². The Morgan fingerprint density at radius 3 is 1.69 bits per heavy atom. The van der Waals surface area contributed by atoms with Gasteiger partial charge in [-0.15, -0.1) is 0 Å². The third-order valence-corrected chi connectivity index (χ3v) is 5.99. The number of benzene rings is 4. The van der Waals surface area contributed by atoms with Gasteiger partial charge < -0.3 is 9.47 Å². The van der Waals surface area contributed by atoms with Crippen LogP contribution >= 0.6 is 0 Å². The second kappa shape index (κ2) is 9.87. The first-order valence-electron chi connectivity index (χ1n) is 11.2. The quantitative estimate of drug-likeness (QED) is 0.187. The number of nitrogens with zero attached hydrogens (tertiary/aromatic N) is 2. The topological polar surface area (TPSA) is 105 Å². The fourth-order valence-corrected chi connectivity index (χ4v) is 3.84. The van der Waals surface area contributed by atoms with Crippen LogP contribution in [0.15, 0.2) is 91.0 Å². The summed E-state index contributed by atoms with van der Waals surface area (Å²) in [6.07, 6.45) is 0. The molecule has 0 aromatic heterocycles. The molecule has 0 fully saturated rings. The molecule has 0 amide bonds. The van der Waals surface area contributed by atoms with Crippen LogP contribution in [0.4, 0.5) is 11.4 Å². The minimum atomic E-state index is -0.458. The molecule has 0 heterocycles. The van der Waals surface area contributed by atoms with Crippen molar-refractivity contribution in [1.82, 2.24) is 0 Å². The van der Waals surface area contributed by atoms with Gasteiger partial charge in [-0.3, -0.25) is 20.2 Å². The maximum Gasteiger partial charge on any atom is 0.273 e. The summed E-state index contributed by atoms with van der Waals surface area (Å²) in [6, 6.07) is 25.6. The van der Waals surface area contributed by atoms with Crippen molar-refractivity contribution in [2.75, 3.05) is 0 Å². The van der Waals surface area contributed by atoms with E-state index in [2.05, 4.69) is 13.8 Å². The van der Waals surface area contributed by atoms with Crippen molar-refractivity contribution in [3.8, 4) is 23.0 Å². The molecular weight excluding hydrogens is 460 g/mol. The number of rotatable bonds is 8. The Kier molecular flexibility index (Phi) is 6.69. The Bertz CT molecular complexity index is 1430. The molecule has 4 rings (SSSR count). The van der Waals surface area contributed by atoms with Crippen molar-refractivity contribution >= 4 is 11.4 Å². The SMILES string of the molecule is Cc1cc(C(C)(C)c2ccc(Oc3cccc([N+](=O)[O-])c3)cc2)ccc1Oc1cccc([N+](=O)[O-])c1. The molecule has 0 N–H and O–H groups in total. The Morgan fingerprint density at radius 2 is 1.17 bits per heavy atom. The Hall–Kier alpha value is -4.72. The number of hydrogen-bond donors (Lipinski definition) is 0. The van der Waals surface area contributed by atoms with Crippen LogP contribution in [-0.4, -0.2) is 9.85 Å². The average Bonchev–Trinajstić information content (AvgIpc) is 2.86. The van der Waals surface area contributed by atoms with Crippen LogP contribution in [0.5, 0.6) is 23.0 Å². The van der Waals surface area contributed by atoms with Gasteiger partial charge in [0, 0.05) is 17.5 Å². The fraction of sp³-hybridized carbons (Fsp3) is 0.143. The van der Waals surface area contributed by atoms with Gasteiger partial charge in [-0.1, -0.05) is 50.2 Å². The smallest absolute Gasteiger partial charge is 0.273 e. The van der Waals surface area contributed by atoms with Gasteiger partial charge >= 0.3 is 0 Å². The van der Waals surface area contributed by atoms with E-state index in [0.717, 1.165) is 16.7 Å². The molecule has 36 heavy (non-hydrogen) atoms. The zero-order chi connectivity index (χ0) is 25.9. The summed E-state index contributed by atoms with van der Waals surface area (Å²) in [7, 11) is 0. The van der Waals surface area contributed by atoms with E-state index in [0.29, 0.717) is 23.0 Å². The third kappa shape index (κ3) is 5.33. The van der Waals surface area contributed by atoms with Crippen LogP contribution in [0.3, 0.4) is 0 Å². The lowest BCUT2D eigenvalue weighted by atomic mass is 9.77. The van der Waals surface area contributed by atoms with Crippen LogP contribution in [0.25, 0.3) is 0 Å². The number of nitro benzene ring substituents is 2. The lowest BCUT2D eigenvalue weighted by Crippen LogP contribution is -2.19. The van der Waals surface area contributed by atoms with Gasteiger partial charge in [0.05, 0.1) is 22.0 Å². The molecule has 0 bridgehead atoms. The van der Waals surface area contributed by atoms with Gasteiger partial charge in [-0.2, -0.15) is 0 Å². The molecule has 4 aromatic carbocycles. The standard InChI is InChI=1S/C28H24N2O6/c1-19-16-21(12-15-27(19)36-26-9-5-7-23(18-26)30(33)34)28(2,3)20-10-13-24(14-11-20)35-25-8-4-6-22(17-25)29(31)32/h4-18H,1-3H3. The average molecular weight is 485 g/mol. The third-order valence-electron chi connectivity index (χ3n) is 5.99. The van der Waals surface area contributed by atoms with Crippen molar-refractivity contribution in [2.45, 2.75) is 26.2 Å². The molecule has 0 aliphatic rings. The summed E-state index contributed by atoms with van der Waals surface area (Å²) < 4.78 is 11.7. The predicted octanol–water partition coefficient (Wildman–Crippen LogP) is 7.72. The highest BCUT2D eigenvalue weighted by Crippen LogP contribution is 2.36. The Balaban J connectivity index is 1.51. The molecule has 0 radical (unpaired) electrons. The molecular formula is C28H24N2O6. The highest BCUT2D eigenvalue weighted by atomic mass is 16.6. The number of ether oxygens (including phenoxy) is 2. The van der Waals surface area contributed by atoms with Gasteiger partial charge in [0.1, 0.15) is 23.0 Å². The molecule has 0 aliphatic heterocycles. The Labute approximate surface area is 208 Å². The number of nitro groups is 2. The maximum atomic E-state index is 11.0. The summed E-state index contributed by atoms with van der Waals surface area (Å²) in [6.45, 7) is 6.15. The van der Waals surface area contributed by atoms with Crippen LogP contribution in [0, 0.1) is 27.2 Å². The monoisotopic (exact) mass is 484 g/mol. The van der Waals surface area contributed by atoms with Crippen LogP contribution < -0.4 is 9.47 Å². The van der Waals surface area contributed by atoms with E-state index in [1.807, 2.05) is 49.4 Å². The van der Waals surface area contributed by atoms with Gasteiger partial charge in [0.15, 0.2) is 0 Å². The van der Waals surface area contributed by atoms with E-state index in [1.165, 1.54) is 24.3 Å². The second-order valence-corrected chi connectivity index (χ2v) is 8.84. The highest BCUT2D eigenvalue weighted by molar-refractivity contribution is 5.48. The zero-order valence-corrected chi connectivity index (χ0v) is 20.0. The molecule has 0 spiro atoms. The van der Waals surface area contributed by atoms with Crippen molar-refractivity contribution in [3.05, 3.63) is 128 Å². The largest absolute Gasteiger partial charge is 0.457 e. The number of hydrogen-bond acceptors (Lipinski definition) is 6. The highest BCUT2D eigenvalue weighted by Gasteiger charge is 2.24. The summed E-state index contributed by atoms with van der Waals surface area (Å²) in [5, 5.41) is 22.0. The first-order valence-corrected chi connectivity index (χ1v) is 11.2. The van der Waals surface area contributed by atoms with Crippen LogP contribution in [0.2, 0.25) is 0 Å². The van der Waals surface area contributed by atoms with Crippen LogP contribution in [0.1, 0.15) is 30.5 Å². The van der Waals surface area contributed by atoms with Crippen molar-refractivity contribution < 1.29 is 19.3 Å². The van der Waals surface area contributed by atoms with E-state index < -0.39 is 9.85 Å². The molecule has 8 heteroatoms. The van der Waals surface area contributed by atoms with Gasteiger partial charge in [0.2, 0.25) is 0 Å². The first kappa shape index (κ1) is 24.4. The van der Waals surface area contributed by atoms with Crippen molar-refractivity contribution in [2.24, 2.45) is 0 Å². The maximum absolute atomic E-state index is 11.0. The van der Waals surface area contributed by atoms with E-state index >= 15 is 0 Å². The number of aryl methyl sites for hydroxylation is 1. The molecule has 4 aromatic rings. The normalized spacial score (nSPS) is 11.1. The van der Waals surface area contributed by atoms with Gasteiger partial charge in [-0.25, -0.2) is 0 Å². The molecule has 8 nitrogen and oxygen atoms in total. The summed E-state index contributed by atoms with van der Waals surface area (Å²) in [5.74, 6) is 1.99. The zero-order valence-electron chi connectivity index (χ0n) is 20.0. The van der Waals surface area contributed by atoms with E-state index in [4.69, 9.17) is 9.47 Å². The van der Waals surface area contributed by atoms with Crippen molar-refractivity contribution in [1.29, 1.82) is 0 Å². The first-order chi connectivity index (χ1) is 17.1. The minimum Gasteiger partial charge on any atom is -0.457 e. The van der Waals surface area contributed by atoms with E-state index in [-0.39, 0.29) is 16.8 Å². The molecule has 0 saturated carbocycles. The fourth-order valence-electron chi connectivity index (χ4n) is 3.84. The lowest BCUT2D eigenvalue weighted by molar-refractivity contribution is -0.385. The van der Waals surface area contributed by atoms with Crippen LogP contribution in [-0.2, 0) is 5.41 Å². The molecule has 0 saturated heterocycles. The second-order valence-electron chi connectivity index (χ2n) is 8.84. The summed E-state index contributed by atoms with van der Waals surface area (Å²) in [4.78, 5) is 21.1.